The molecule has 0 aliphatic carbocycles. The lowest BCUT2D eigenvalue weighted by Gasteiger charge is -2.29. The minimum atomic E-state index is 0.180. The molecule has 0 amide bonds. The van der Waals surface area contributed by atoms with Gasteiger partial charge in [0.15, 0.2) is 0 Å². The Labute approximate surface area is 116 Å². The Morgan fingerprint density at radius 3 is 2.31 bits per heavy atom. The number of benzene rings is 1. The Morgan fingerprint density at radius 1 is 1.25 bits per heavy atom. The van der Waals surface area contributed by atoms with Crippen molar-refractivity contribution in [3.8, 4) is 0 Å². The van der Waals surface area contributed by atoms with Crippen LogP contribution in [-0.4, -0.2) is 5.88 Å². The van der Waals surface area contributed by atoms with Crippen LogP contribution < -0.4 is 0 Å². The molecule has 0 saturated carbocycles. The summed E-state index contributed by atoms with van der Waals surface area (Å²) in [7, 11) is 0. The molecule has 90 valence electrons. The molecule has 0 spiro atoms. The Balaban J connectivity index is 2.93. The molecule has 0 saturated heterocycles. The Kier molecular flexibility index (Phi) is 5.63. The zero-order chi connectivity index (χ0) is 12.2. The minimum Gasteiger partial charge on any atom is -0.126 e. The van der Waals surface area contributed by atoms with E-state index in [0.717, 1.165) is 28.8 Å². The van der Waals surface area contributed by atoms with Gasteiger partial charge in [-0.2, -0.15) is 0 Å². The number of hydrogen-bond donors (Lipinski definition) is 0. The van der Waals surface area contributed by atoms with E-state index in [-0.39, 0.29) is 5.41 Å². The summed E-state index contributed by atoms with van der Waals surface area (Å²) in [6.07, 6.45) is 3.12. The largest absolute Gasteiger partial charge is 0.126 e. The molecule has 0 aromatic heterocycles. The van der Waals surface area contributed by atoms with E-state index >= 15 is 0 Å². The van der Waals surface area contributed by atoms with Crippen molar-refractivity contribution < 1.29 is 0 Å². The van der Waals surface area contributed by atoms with Gasteiger partial charge in [0.05, 0.1) is 0 Å². The number of rotatable bonds is 5. The summed E-state index contributed by atoms with van der Waals surface area (Å²) in [5.74, 6) is 0.687. The van der Waals surface area contributed by atoms with Gasteiger partial charge in [0.25, 0.3) is 0 Å². The normalized spacial score (nSPS) is 11.8. The molecular weight excluding hydrogens is 307 g/mol. The van der Waals surface area contributed by atoms with Crippen LogP contribution in [0.4, 0.5) is 0 Å². The second-order valence-corrected chi connectivity index (χ2v) is 5.84. The second kappa shape index (κ2) is 6.28. The van der Waals surface area contributed by atoms with Gasteiger partial charge >= 0.3 is 0 Å². The SMILES string of the molecule is CCC(CC)(CCl)Cc1ccc(Br)cc1Cl. The summed E-state index contributed by atoms with van der Waals surface area (Å²) in [5.41, 5.74) is 1.37. The van der Waals surface area contributed by atoms with Crippen LogP contribution in [0.1, 0.15) is 32.3 Å². The quantitative estimate of drug-likeness (QED) is 0.610. The Morgan fingerprint density at radius 2 is 1.88 bits per heavy atom. The molecule has 0 unspecified atom stereocenters. The van der Waals surface area contributed by atoms with Gasteiger partial charge in [0, 0.05) is 15.4 Å². The van der Waals surface area contributed by atoms with Gasteiger partial charge in [0.1, 0.15) is 0 Å². The fraction of sp³-hybridized carbons (Fsp3) is 0.538. The van der Waals surface area contributed by atoms with Crippen molar-refractivity contribution in [2.24, 2.45) is 5.41 Å². The van der Waals surface area contributed by atoms with E-state index < -0.39 is 0 Å². The molecule has 0 nitrogen and oxygen atoms in total. The van der Waals surface area contributed by atoms with Gasteiger partial charge in [-0.1, -0.05) is 47.4 Å². The van der Waals surface area contributed by atoms with Crippen molar-refractivity contribution in [2.75, 3.05) is 5.88 Å². The number of alkyl halides is 1. The highest BCUT2D eigenvalue weighted by Crippen LogP contribution is 2.35. The first-order valence-corrected chi connectivity index (χ1v) is 7.27. The molecule has 0 N–H and O–H groups in total. The highest BCUT2D eigenvalue weighted by Gasteiger charge is 2.26. The third kappa shape index (κ3) is 3.38. The van der Waals surface area contributed by atoms with E-state index in [4.69, 9.17) is 23.2 Å². The van der Waals surface area contributed by atoms with E-state index in [1.165, 1.54) is 5.56 Å². The lowest BCUT2D eigenvalue weighted by molar-refractivity contribution is 0.302. The highest BCUT2D eigenvalue weighted by molar-refractivity contribution is 9.10. The van der Waals surface area contributed by atoms with Crippen LogP contribution in [0.5, 0.6) is 0 Å². The number of hydrogen-bond acceptors (Lipinski definition) is 0. The maximum absolute atomic E-state index is 6.23. The van der Waals surface area contributed by atoms with Crippen molar-refractivity contribution in [1.82, 2.24) is 0 Å². The van der Waals surface area contributed by atoms with E-state index in [0.29, 0.717) is 5.88 Å². The minimum absolute atomic E-state index is 0.180. The topological polar surface area (TPSA) is 0 Å². The van der Waals surface area contributed by atoms with Gasteiger partial charge in [-0.15, -0.1) is 11.6 Å². The van der Waals surface area contributed by atoms with Crippen molar-refractivity contribution in [1.29, 1.82) is 0 Å². The maximum atomic E-state index is 6.23. The molecule has 16 heavy (non-hydrogen) atoms. The summed E-state index contributed by atoms with van der Waals surface area (Å²) >= 11 is 15.8. The predicted octanol–water partition coefficient (Wildman–Crippen LogP) is 5.69. The molecule has 0 heterocycles. The van der Waals surface area contributed by atoms with Crippen LogP contribution in [0.2, 0.25) is 5.02 Å². The molecule has 0 aliphatic heterocycles. The lowest BCUT2D eigenvalue weighted by Crippen LogP contribution is -2.24. The second-order valence-electron chi connectivity index (χ2n) is 4.25. The van der Waals surface area contributed by atoms with Crippen LogP contribution in [-0.2, 0) is 6.42 Å². The summed E-state index contributed by atoms with van der Waals surface area (Å²) in [4.78, 5) is 0. The van der Waals surface area contributed by atoms with Crippen molar-refractivity contribution in [3.63, 3.8) is 0 Å². The number of halogens is 3. The van der Waals surface area contributed by atoms with Crippen LogP contribution in [0.25, 0.3) is 0 Å². The van der Waals surface area contributed by atoms with Crippen molar-refractivity contribution >= 4 is 39.1 Å². The van der Waals surface area contributed by atoms with Crippen molar-refractivity contribution in [2.45, 2.75) is 33.1 Å². The average Bonchev–Trinajstić information content (AvgIpc) is 2.29. The maximum Gasteiger partial charge on any atom is 0.0449 e. The fourth-order valence-corrected chi connectivity index (χ4v) is 3.02. The molecule has 0 radical (unpaired) electrons. The first-order valence-electron chi connectivity index (χ1n) is 5.57. The Hall–Kier alpha value is 0.280. The van der Waals surface area contributed by atoms with E-state index in [1.807, 2.05) is 12.1 Å². The molecule has 0 atom stereocenters. The molecule has 1 aromatic carbocycles. The van der Waals surface area contributed by atoms with Crippen LogP contribution in [0.3, 0.4) is 0 Å². The summed E-state index contributed by atoms with van der Waals surface area (Å²) in [5, 5.41) is 0.825. The van der Waals surface area contributed by atoms with Crippen LogP contribution >= 0.6 is 39.1 Å². The Bertz CT molecular complexity index is 338. The molecule has 1 rings (SSSR count). The smallest absolute Gasteiger partial charge is 0.0449 e. The average molecular weight is 324 g/mol. The third-order valence-electron chi connectivity index (χ3n) is 3.36. The van der Waals surface area contributed by atoms with Gasteiger partial charge in [-0.25, -0.2) is 0 Å². The van der Waals surface area contributed by atoms with Gasteiger partial charge in [-0.3, -0.25) is 0 Å². The van der Waals surface area contributed by atoms with Gasteiger partial charge < -0.3 is 0 Å². The monoisotopic (exact) mass is 322 g/mol. The van der Waals surface area contributed by atoms with E-state index in [1.54, 1.807) is 0 Å². The van der Waals surface area contributed by atoms with Crippen LogP contribution in [0, 0.1) is 5.41 Å². The zero-order valence-corrected chi connectivity index (χ0v) is 12.8. The summed E-state index contributed by atoms with van der Waals surface area (Å²) in [6.45, 7) is 4.39. The third-order valence-corrected chi connectivity index (χ3v) is 4.78. The molecule has 3 heteroatoms. The molecule has 1 aromatic rings. The zero-order valence-electron chi connectivity index (χ0n) is 9.69. The van der Waals surface area contributed by atoms with E-state index in [2.05, 4.69) is 35.8 Å². The van der Waals surface area contributed by atoms with Crippen molar-refractivity contribution in [3.05, 3.63) is 33.3 Å². The van der Waals surface area contributed by atoms with Crippen LogP contribution in [0.15, 0.2) is 22.7 Å². The first-order chi connectivity index (χ1) is 7.56. The van der Waals surface area contributed by atoms with Gasteiger partial charge in [-0.05, 0) is 42.4 Å². The van der Waals surface area contributed by atoms with E-state index in [9.17, 15) is 0 Å². The molecule has 0 aliphatic rings. The highest BCUT2D eigenvalue weighted by atomic mass is 79.9. The van der Waals surface area contributed by atoms with Gasteiger partial charge in [0.2, 0.25) is 0 Å². The molecule has 0 fully saturated rings. The summed E-state index contributed by atoms with van der Waals surface area (Å²) in [6, 6.07) is 6.06. The first kappa shape index (κ1) is 14.3. The predicted molar refractivity (Wildman–Crippen MR) is 76.6 cm³/mol. The lowest BCUT2D eigenvalue weighted by atomic mass is 9.79. The summed E-state index contributed by atoms with van der Waals surface area (Å²) < 4.78 is 1.02. The fourth-order valence-electron chi connectivity index (χ4n) is 1.81. The molecule has 0 bridgehead atoms. The standard InChI is InChI=1S/C13H17BrCl2/c1-3-13(4-2,9-15)8-10-5-6-11(14)7-12(10)16/h5-7H,3-4,8-9H2,1-2H3. The molecular formula is C13H17BrCl2.